The summed E-state index contributed by atoms with van der Waals surface area (Å²) in [6.07, 6.45) is 1.15. The Morgan fingerprint density at radius 1 is 1.64 bits per heavy atom. The summed E-state index contributed by atoms with van der Waals surface area (Å²) >= 11 is 0. The van der Waals surface area contributed by atoms with E-state index in [1.165, 1.54) is 7.11 Å². The lowest BCUT2D eigenvalue weighted by molar-refractivity contribution is -0.123. The average molecular weight is 158 g/mol. The van der Waals surface area contributed by atoms with Crippen LogP contribution in [0.4, 0.5) is 0 Å². The second-order valence-corrected chi connectivity index (χ2v) is 2.46. The van der Waals surface area contributed by atoms with Crippen LogP contribution < -0.4 is 0 Å². The average Bonchev–Trinajstić information content (AvgIpc) is 1.98. The number of hydrogen-bond donors (Lipinski definition) is 0. The van der Waals surface area contributed by atoms with E-state index in [2.05, 4.69) is 9.99 Å². The molecule has 0 fully saturated rings. The molecule has 0 N–H and O–H groups in total. The van der Waals surface area contributed by atoms with Gasteiger partial charge < -0.3 is 9.74 Å². The Balaban J connectivity index is 3.93. The van der Waals surface area contributed by atoms with Gasteiger partial charge in [0.1, 0.15) is 13.3 Å². The van der Waals surface area contributed by atoms with Gasteiger partial charge in [-0.3, -0.25) is 4.79 Å². The Bertz CT molecular complexity index is 155. The van der Waals surface area contributed by atoms with E-state index in [0.29, 0.717) is 0 Å². The first-order valence-electron chi connectivity index (χ1n) is 3.43. The first-order chi connectivity index (χ1) is 5.09. The molecule has 0 atom stereocenters. The predicted molar refractivity (Wildman–Crippen MR) is 43.4 cm³/mol. The Kier molecular flexibility index (Phi) is 4.26. The standard InChI is InChI=1S/C7H14N2O2/c1-6(2)9(3)7(10)5-8-11-4/h5-6H,1-4H3/b8-5+. The van der Waals surface area contributed by atoms with E-state index >= 15 is 0 Å². The largest absolute Gasteiger partial charge is 0.399 e. The number of oxime groups is 1. The zero-order valence-electron chi connectivity index (χ0n) is 7.37. The minimum atomic E-state index is -0.151. The van der Waals surface area contributed by atoms with Gasteiger partial charge in [-0.2, -0.15) is 0 Å². The molecule has 11 heavy (non-hydrogen) atoms. The van der Waals surface area contributed by atoms with Crippen molar-refractivity contribution in [3.8, 4) is 0 Å². The summed E-state index contributed by atoms with van der Waals surface area (Å²) in [5, 5.41) is 3.36. The van der Waals surface area contributed by atoms with Crippen LogP contribution in [0.25, 0.3) is 0 Å². The fraction of sp³-hybridized carbons (Fsp3) is 0.714. The van der Waals surface area contributed by atoms with Gasteiger partial charge in [0.05, 0.1) is 0 Å². The monoisotopic (exact) mass is 158 g/mol. The van der Waals surface area contributed by atoms with E-state index in [4.69, 9.17) is 0 Å². The van der Waals surface area contributed by atoms with Crippen LogP contribution in [-0.2, 0) is 9.63 Å². The molecule has 0 saturated carbocycles. The molecule has 0 radical (unpaired) electrons. The van der Waals surface area contributed by atoms with Crippen molar-refractivity contribution in [1.29, 1.82) is 0 Å². The molecule has 0 saturated heterocycles. The van der Waals surface area contributed by atoms with E-state index in [1.54, 1.807) is 11.9 Å². The third-order valence-corrected chi connectivity index (χ3v) is 1.39. The summed E-state index contributed by atoms with van der Waals surface area (Å²) < 4.78 is 0. The van der Waals surface area contributed by atoms with Crippen molar-refractivity contribution in [2.75, 3.05) is 14.2 Å². The van der Waals surface area contributed by atoms with Crippen molar-refractivity contribution in [3.63, 3.8) is 0 Å². The van der Waals surface area contributed by atoms with E-state index < -0.39 is 0 Å². The third-order valence-electron chi connectivity index (χ3n) is 1.39. The van der Waals surface area contributed by atoms with Gasteiger partial charge in [0.15, 0.2) is 0 Å². The highest BCUT2D eigenvalue weighted by Gasteiger charge is 2.08. The van der Waals surface area contributed by atoms with Gasteiger partial charge >= 0.3 is 0 Å². The van der Waals surface area contributed by atoms with Crippen molar-refractivity contribution in [1.82, 2.24) is 4.90 Å². The van der Waals surface area contributed by atoms with Crippen LogP contribution in [0.15, 0.2) is 5.16 Å². The summed E-state index contributed by atoms with van der Waals surface area (Å²) in [6.45, 7) is 3.86. The normalized spacial score (nSPS) is 10.6. The Labute approximate surface area is 66.8 Å². The van der Waals surface area contributed by atoms with Crippen LogP contribution in [0.5, 0.6) is 0 Å². The molecular formula is C7H14N2O2. The molecule has 0 aromatic carbocycles. The Hall–Kier alpha value is -1.06. The first kappa shape index (κ1) is 9.94. The van der Waals surface area contributed by atoms with Crippen LogP contribution >= 0.6 is 0 Å². The molecule has 0 aromatic rings. The lowest BCUT2D eigenvalue weighted by atomic mass is 10.3. The van der Waals surface area contributed by atoms with Crippen LogP contribution in [0, 0.1) is 0 Å². The maximum atomic E-state index is 11.0. The molecule has 0 aliphatic carbocycles. The number of amides is 1. The topological polar surface area (TPSA) is 41.9 Å². The van der Waals surface area contributed by atoms with Gasteiger partial charge in [0.25, 0.3) is 5.91 Å². The maximum Gasteiger partial charge on any atom is 0.268 e. The highest BCUT2D eigenvalue weighted by atomic mass is 16.6. The van der Waals surface area contributed by atoms with Gasteiger partial charge in [-0.15, -0.1) is 0 Å². The fourth-order valence-corrected chi connectivity index (χ4v) is 0.443. The van der Waals surface area contributed by atoms with Crippen LogP contribution in [0.2, 0.25) is 0 Å². The molecule has 0 rings (SSSR count). The molecule has 0 spiro atoms. The van der Waals surface area contributed by atoms with Crippen molar-refractivity contribution in [2.45, 2.75) is 19.9 Å². The quantitative estimate of drug-likeness (QED) is 0.443. The summed E-state index contributed by atoms with van der Waals surface area (Å²) in [6, 6.07) is 0.186. The molecule has 0 bridgehead atoms. The highest BCUT2D eigenvalue weighted by molar-refractivity contribution is 6.25. The number of rotatable bonds is 3. The van der Waals surface area contributed by atoms with Gasteiger partial charge in [0.2, 0.25) is 0 Å². The number of carbonyl (C=O) groups excluding carboxylic acids is 1. The first-order valence-corrected chi connectivity index (χ1v) is 3.43. The molecule has 0 aliphatic rings. The Morgan fingerprint density at radius 2 is 2.18 bits per heavy atom. The molecule has 64 valence electrons. The van der Waals surface area contributed by atoms with E-state index in [1.807, 2.05) is 13.8 Å². The van der Waals surface area contributed by atoms with E-state index in [0.717, 1.165) is 6.21 Å². The zero-order valence-corrected chi connectivity index (χ0v) is 7.37. The number of hydrogen-bond acceptors (Lipinski definition) is 3. The smallest absolute Gasteiger partial charge is 0.268 e. The number of nitrogens with zero attached hydrogens (tertiary/aromatic N) is 2. The second kappa shape index (κ2) is 4.71. The van der Waals surface area contributed by atoms with Crippen molar-refractivity contribution in [3.05, 3.63) is 0 Å². The van der Waals surface area contributed by atoms with Crippen LogP contribution in [0.3, 0.4) is 0 Å². The van der Waals surface area contributed by atoms with Gasteiger partial charge in [-0.1, -0.05) is 5.16 Å². The summed E-state index contributed by atoms with van der Waals surface area (Å²) in [5.74, 6) is -0.151. The van der Waals surface area contributed by atoms with Crippen molar-refractivity contribution >= 4 is 12.1 Å². The molecule has 4 nitrogen and oxygen atoms in total. The molecule has 0 unspecified atom stereocenters. The Morgan fingerprint density at radius 3 is 2.55 bits per heavy atom. The van der Waals surface area contributed by atoms with E-state index in [-0.39, 0.29) is 11.9 Å². The molecule has 0 aliphatic heterocycles. The third kappa shape index (κ3) is 3.60. The zero-order chi connectivity index (χ0) is 8.85. The molecule has 0 heterocycles. The van der Waals surface area contributed by atoms with E-state index in [9.17, 15) is 4.79 Å². The molecule has 1 amide bonds. The summed E-state index contributed by atoms with van der Waals surface area (Å²) in [4.78, 5) is 17.0. The second-order valence-electron chi connectivity index (χ2n) is 2.46. The fourth-order valence-electron chi connectivity index (χ4n) is 0.443. The van der Waals surface area contributed by atoms with Crippen LogP contribution in [0.1, 0.15) is 13.8 Å². The lowest BCUT2D eigenvalue weighted by Crippen LogP contribution is -2.33. The minimum absolute atomic E-state index is 0.151. The van der Waals surface area contributed by atoms with Gasteiger partial charge in [-0.05, 0) is 13.8 Å². The van der Waals surface area contributed by atoms with Crippen molar-refractivity contribution in [2.24, 2.45) is 5.16 Å². The maximum absolute atomic E-state index is 11.0. The molecule has 0 aromatic heterocycles. The lowest BCUT2D eigenvalue weighted by Gasteiger charge is -2.18. The molecule has 4 heteroatoms. The van der Waals surface area contributed by atoms with Gasteiger partial charge in [-0.25, -0.2) is 0 Å². The molecular weight excluding hydrogens is 144 g/mol. The minimum Gasteiger partial charge on any atom is -0.399 e. The number of carbonyl (C=O) groups is 1. The predicted octanol–water partition coefficient (Wildman–Crippen LogP) is 0.485. The van der Waals surface area contributed by atoms with Crippen molar-refractivity contribution < 1.29 is 9.63 Å². The summed E-state index contributed by atoms with van der Waals surface area (Å²) in [5.41, 5.74) is 0. The summed E-state index contributed by atoms with van der Waals surface area (Å²) in [7, 11) is 3.12. The highest BCUT2D eigenvalue weighted by Crippen LogP contribution is 1.91. The SMILES string of the molecule is CO/N=C/C(=O)N(C)C(C)C. The van der Waals surface area contributed by atoms with Gasteiger partial charge in [0, 0.05) is 13.1 Å². The van der Waals surface area contributed by atoms with Crippen LogP contribution in [-0.4, -0.2) is 37.2 Å².